The molecular weight excluding hydrogens is 413 g/mol. The van der Waals surface area contributed by atoms with Crippen LogP contribution >= 0.6 is 0 Å². The summed E-state index contributed by atoms with van der Waals surface area (Å²) < 4.78 is 34.4. The van der Waals surface area contributed by atoms with Gasteiger partial charge in [0, 0.05) is 26.1 Å². The van der Waals surface area contributed by atoms with E-state index in [1.807, 2.05) is 6.92 Å². The molecule has 0 unspecified atom stereocenters. The molecule has 4 rings (SSSR count). The first kappa shape index (κ1) is 22.5. The van der Waals surface area contributed by atoms with Gasteiger partial charge in [-0.15, -0.1) is 0 Å². The first-order chi connectivity index (χ1) is 15.4. The van der Waals surface area contributed by atoms with E-state index in [2.05, 4.69) is 11.1 Å². The summed E-state index contributed by atoms with van der Waals surface area (Å²) in [7, 11) is 1.70. The summed E-state index contributed by atoms with van der Waals surface area (Å²) in [6, 6.07) is 3.84. The molecule has 1 aromatic heterocycles. The Morgan fingerprint density at radius 3 is 2.47 bits per heavy atom. The van der Waals surface area contributed by atoms with Crippen LogP contribution in [-0.2, 0) is 16.6 Å². The zero-order valence-corrected chi connectivity index (χ0v) is 18.9. The number of Topliss-reactive ketones (excluding diaryl/α,β-unsaturated/α-hetero) is 1. The number of ketones is 1. The number of fused-ring (bicyclic) bond motifs is 1. The van der Waals surface area contributed by atoms with E-state index in [1.165, 1.54) is 6.07 Å². The second-order valence-corrected chi connectivity index (χ2v) is 9.18. The van der Waals surface area contributed by atoms with Gasteiger partial charge in [0.1, 0.15) is 29.0 Å². The Morgan fingerprint density at radius 1 is 1.22 bits per heavy atom. The predicted octanol–water partition coefficient (Wildman–Crippen LogP) is 4.45. The van der Waals surface area contributed by atoms with Crippen LogP contribution < -0.4 is 9.47 Å². The summed E-state index contributed by atoms with van der Waals surface area (Å²) in [4.78, 5) is 15.7. The van der Waals surface area contributed by atoms with Gasteiger partial charge in [-0.1, -0.05) is 6.92 Å². The number of benzene rings is 1. The molecule has 1 aromatic carbocycles. The average Bonchev–Trinajstić information content (AvgIpc) is 3.52. The van der Waals surface area contributed by atoms with E-state index in [4.69, 9.17) is 14.2 Å². The number of carbonyl (C=O) groups is 1. The molecule has 1 atom stereocenters. The molecule has 7 nitrogen and oxygen atoms in total. The van der Waals surface area contributed by atoms with Crippen LogP contribution in [0.3, 0.4) is 0 Å². The van der Waals surface area contributed by atoms with Crippen molar-refractivity contribution in [3.8, 4) is 17.8 Å². The summed E-state index contributed by atoms with van der Waals surface area (Å²) in [6.45, 7) is 4.21. The lowest BCUT2D eigenvalue weighted by Gasteiger charge is -2.29. The highest BCUT2D eigenvalue weighted by Crippen LogP contribution is 2.36. The van der Waals surface area contributed by atoms with Crippen molar-refractivity contribution < 1.29 is 23.4 Å². The van der Waals surface area contributed by atoms with E-state index in [0.29, 0.717) is 24.6 Å². The normalized spacial score (nSPS) is 21.8. The van der Waals surface area contributed by atoms with Gasteiger partial charge in [0.2, 0.25) is 0 Å². The maximum absolute atomic E-state index is 15.1. The zero-order chi connectivity index (χ0) is 22.8. The molecule has 2 aromatic rings. The Bertz CT molecular complexity index is 1030. The van der Waals surface area contributed by atoms with Crippen molar-refractivity contribution in [3.05, 3.63) is 17.4 Å². The third-order valence-corrected chi connectivity index (χ3v) is 6.09. The minimum Gasteiger partial charge on any atom is -0.487 e. The molecule has 2 aliphatic rings. The second-order valence-electron chi connectivity index (χ2n) is 9.18. The number of hydrogen-bond acceptors (Lipinski definition) is 6. The van der Waals surface area contributed by atoms with Crippen molar-refractivity contribution in [1.29, 1.82) is 5.26 Å². The summed E-state index contributed by atoms with van der Waals surface area (Å²) >= 11 is 0. The highest BCUT2D eigenvalue weighted by molar-refractivity contribution is 5.85. The van der Waals surface area contributed by atoms with E-state index in [-0.39, 0.29) is 46.8 Å². The summed E-state index contributed by atoms with van der Waals surface area (Å²) in [5.74, 6) is -0.00217. The van der Waals surface area contributed by atoms with Crippen molar-refractivity contribution in [3.63, 3.8) is 0 Å². The van der Waals surface area contributed by atoms with Gasteiger partial charge in [-0.3, -0.25) is 4.57 Å². The van der Waals surface area contributed by atoms with Gasteiger partial charge in [-0.25, -0.2) is 4.39 Å². The number of aryl methyl sites for hydroxylation is 1. The molecule has 0 radical (unpaired) electrons. The maximum atomic E-state index is 15.1. The van der Waals surface area contributed by atoms with E-state index < -0.39 is 5.82 Å². The van der Waals surface area contributed by atoms with Crippen molar-refractivity contribution in [2.45, 2.75) is 77.1 Å². The summed E-state index contributed by atoms with van der Waals surface area (Å²) in [5.41, 5.74) is 0.799. The molecular formula is C24H30FN3O4. The fourth-order valence-electron chi connectivity index (χ4n) is 4.25. The first-order valence-electron chi connectivity index (χ1n) is 11.4. The van der Waals surface area contributed by atoms with Crippen LogP contribution in [0.4, 0.5) is 4.39 Å². The van der Waals surface area contributed by atoms with E-state index in [9.17, 15) is 10.1 Å². The van der Waals surface area contributed by atoms with E-state index in [1.54, 1.807) is 18.5 Å². The highest BCUT2D eigenvalue weighted by Gasteiger charge is 2.29. The van der Waals surface area contributed by atoms with Gasteiger partial charge in [-0.05, 0) is 51.4 Å². The SMILES string of the molecule is CC(=O)C[C@@H](C)COC1CCC(Oc2nc3c(C#N)cc(OC4CC4)c(F)c3n2C)CC1. The predicted molar refractivity (Wildman–Crippen MR) is 116 cm³/mol. The van der Waals surface area contributed by atoms with Crippen LogP contribution in [-0.4, -0.2) is 40.3 Å². The molecule has 0 amide bonds. The molecule has 0 spiro atoms. The van der Waals surface area contributed by atoms with Gasteiger partial charge >= 0.3 is 0 Å². The largest absolute Gasteiger partial charge is 0.487 e. The Kier molecular flexibility index (Phi) is 6.66. The molecule has 2 saturated carbocycles. The topological polar surface area (TPSA) is 86.4 Å². The number of halogens is 1. The number of imidazole rings is 1. The molecule has 2 fully saturated rings. The monoisotopic (exact) mass is 443 g/mol. The minimum atomic E-state index is -0.507. The lowest BCUT2D eigenvalue weighted by atomic mass is 9.95. The van der Waals surface area contributed by atoms with Crippen LogP contribution in [0.15, 0.2) is 6.07 Å². The number of aromatic nitrogens is 2. The Hall–Kier alpha value is -2.66. The standard InChI is InChI=1S/C24H30FN3O4/c1-14(10-15(2)29)13-30-17-4-6-19(7-5-17)32-24-27-22-16(12-26)11-20(31-18-8-9-18)21(25)23(22)28(24)3/h11,14,17-19H,4-10,13H2,1-3H3/t14-,17?,19?/m1/s1. The van der Waals surface area contributed by atoms with Crippen molar-refractivity contribution >= 4 is 16.8 Å². The lowest BCUT2D eigenvalue weighted by molar-refractivity contribution is -0.118. The number of rotatable bonds is 9. The number of hydrogen-bond donors (Lipinski definition) is 0. The highest BCUT2D eigenvalue weighted by atomic mass is 19.1. The molecule has 0 aliphatic heterocycles. The number of ether oxygens (including phenoxy) is 3. The van der Waals surface area contributed by atoms with Crippen LogP contribution in [0, 0.1) is 23.1 Å². The molecule has 0 saturated heterocycles. The van der Waals surface area contributed by atoms with Crippen LogP contribution in [0.25, 0.3) is 11.0 Å². The molecule has 0 bridgehead atoms. The Morgan fingerprint density at radius 2 is 1.84 bits per heavy atom. The van der Waals surface area contributed by atoms with Crippen LogP contribution in [0.1, 0.15) is 64.4 Å². The first-order valence-corrected chi connectivity index (χ1v) is 11.4. The third-order valence-electron chi connectivity index (χ3n) is 6.09. The second kappa shape index (κ2) is 9.45. The van der Waals surface area contributed by atoms with Gasteiger partial charge in [0.15, 0.2) is 11.6 Å². The quantitative estimate of drug-likeness (QED) is 0.569. The molecule has 32 heavy (non-hydrogen) atoms. The number of nitriles is 1. The van der Waals surface area contributed by atoms with Gasteiger partial charge in [0.25, 0.3) is 6.01 Å². The smallest absolute Gasteiger partial charge is 0.297 e. The van der Waals surface area contributed by atoms with Crippen LogP contribution in [0.2, 0.25) is 0 Å². The van der Waals surface area contributed by atoms with Crippen molar-refractivity contribution in [1.82, 2.24) is 9.55 Å². The third kappa shape index (κ3) is 5.04. The Labute approximate surface area is 187 Å². The summed E-state index contributed by atoms with van der Waals surface area (Å²) in [6.07, 6.45) is 5.82. The lowest BCUT2D eigenvalue weighted by Crippen LogP contribution is -2.30. The van der Waals surface area contributed by atoms with Crippen molar-refractivity contribution in [2.75, 3.05) is 6.61 Å². The maximum Gasteiger partial charge on any atom is 0.297 e. The molecule has 2 aliphatic carbocycles. The molecule has 1 heterocycles. The van der Waals surface area contributed by atoms with Gasteiger partial charge in [-0.2, -0.15) is 10.2 Å². The fourth-order valence-corrected chi connectivity index (χ4v) is 4.25. The van der Waals surface area contributed by atoms with E-state index >= 15 is 4.39 Å². The molecule has 172 valence electrons. The van der Waals surface area contributed by atoms with Gasteiger partial charge in [0.05, 0.1) is 17.8 Å². The number of nitrogens with zero attached hydrogens (tertiary/aromatic N) is 3. The minimum absolute atomic E-state index is 0.0280. The van der Waals surface area contributed by atoms with E-state index in [0.717, 1.165) is 38.5 Å². The number of carbonyl (C=O) groups excluding carboxylic acids is 1. The van der Waals surface area contributed by atoms with Gasteiger partial charge < -0.3 is 19.0 Å². The Balaban J connectivity index is 1.41. The zero-order valence-electron chi connectivity index (χ0n) is 18.9. The molecule has 8 heteroatoms. The van der Waals surface area contributed by atoms with Crippen LogP contribution in [0.5, 0.6) is 11.8 Å². The molecule has 0 N–H and O–H groups in total. The average molecular weight is 444 g/mol. The van der Waals surface area contributed by atoms with Crippen molar-refractivity contribution in [2.24, 2.45) is 13.0 Å². The summed E-state index contributed by atoms with van der Waals surface area (Å²) in [5, 5.41) is 9.54. The fraction of sp³-hybridized carbons (Fsp3) is 0.625.